The second-order valence-corrected chi connectivity index (χ2v) is 4.52. The summed E-state index contributed by atoms with van der Waals surface area (Å²) in [5, 5.41) is 11.9. The van der Waals surface area contributed by atoms with Gasteiger partial charge in [-0.25, -0.2) is 0 Å². The van der Waals surface area contributed by atoms with Gasteiger partial charge in [-0.05, 0) is 37.5 Å². The van der Waals surface area contributed by atoms with Gasteiger partial charge >= 0.3 is 0 Å². The Hall–Kier alpha value is -2.28. The van der Waals surface area contributed by atoms with Gasteiger partial charge < -0.3 is 10.1 Å². The highest BCUT2D eigenvalue weighted by atomic mass is 16.5. The number of nitriles is 1. The predicted molar refractivity (Wildman–Crippen MR) is 71.0 cm³/mol. The predicted octanol–water partition coefficient (Wildman–Crippen LogP) is 2.21. The van der Waals surface area contributed by atoms with Crippen molar-refractivity contribution in [1.29, 1.82) is 5.26 Å². The van der Waals surface area contributed by atoms with Crippen LogP contribution in [0.5, 0.6) is 0 Å². The van der Waals surface area contributed by atoms with Crippen LogP contribution in [-0.2, 0) is 15.1 Å². The smallest absolute Gasteiger partial charge is 0.247 e. The molecule has 4 heteroatoms. The number of amides is 1. The number of nitrogens with zero attached hydrogens (tertiary/aromatic N) is 1. The molecule has 1 aliphatic rings. The molecule has 0 heterocycles. The second kappa shape index (κ2) is 5.57. The van der Waals surface area contributed by atoms with Crippen molar-refractivity contribution in [3.8, 4) is 6.07 Å². The topological polar surface area (TPSA) is 62.1 Å². The molecule has 0 unspecified atom stereocenters. The molecule has 0 aliphatic heterocycles. The average Bonchev–Trinajstić information content (AvgIpc) is 3.20. The monoisotopic (exact) mass is 256 g/mol. The third-order valence-corrected chi connectivity index (χ3v) is 3.14. The molecule has 1 amide bonds. The van der Waals surface area contributed by atoms with Crippen molar-refractivity contribution in [2.75, 3.05) is 6.61 Å². The van der Waals surface area contributed by atoms with Crippen molar-refractivity contribution in [2.45, 2.75) is 25.3 Å². The zero-order valence-corrected chi connectivity index (χ0v) is 10.8. The van der Waals surface area contributed by atoms with Crippen LogP contribution in [0.15, 0.2) is 36.6 Å². The molecule has 1 aromatic carbocycles. The Morgan fingerprint density at radius 3 is 3.00 bits per heavy atom. The summed E-state index contributed by atoms with van der Waals surface area (Å²) in [4.78, 5) is 11.8. The Bertz CT molecular complexity index is 539. The van der Waals surface area contributed by atoms with E-state index in [0.29, 0.717) is 12.2 Å². The Morgan fingerprint density at radius 1 is 1.58 bits per heavy atom. The minimum atomic E-state index is -0.305. The number of ether oxygens (including phenoxy) is 1. The van der Waals surface area contributed by atoms with Gasteiger partial charge in [0.1, 0.15) is 0 Å². The molecule has 98 valence electrons. The molecule has 0 spiro atoms. The molecule has 0 saturated heterocycles. The van der Waals surface area contributed by atoms with Gasteiger partial charge in [0.2, 0.25) is 5.91 Å². The van der Waals surface area contributed by atoms with Crippen molar-refractivity contribution >= 4 is 5.91 Å². The summed E-state index contributed by atoms with van der Waals surface area (Å²) >= 11 is 0. The van der Waals surface area contributed by atoms with Crippen LogP contribution in [0.1, 0.15) is 30.9 Å². The van der Waals surface area contributed by atoms with E-state index in [1.54, 1.807) is 6.07 Å². The van der Waals surface area contributed by atoms with Crippen LogP contribution in [0, 0.1) is 11.3 Å². The highest BCUT2D eigenvalue weighted by Gasteiger charge is 2.45. The van der Waals surface area contributed by atoms with E-state index in [1.165, 1.54) is 12.3 Å². The molecule has 2 rings (SSSR count). The van der Waals surface area contributed by atoms with Crippen molar-refractivity contribution < 1.29 is 9.53 Å². The van der Waals surface area contributed by atoms with Crippen molar-refractivity contribution in [3.63, 3.8) is 0 Å². The fourth-order valence-corrected chi connectivity index (χ4v) is 1.98. The molecule has 19 heavy (non-hydrogen) atoms. The lowest BCUT2D eigenvalue weighted by Gasteiger charge is -2.17. The highest BCUT2D eigenvalue weighted by Crippen LogP contribution is 2.45. The van der Waals surface area contributed by atoms with Gasteiger partial charge in [-0.15, -0.1) is 0 Å². The number of benzene rings is 1. The Labute approximate surface area is 112 Å². The van der Waals surface area contributed by atoms with Gasteiger partial charge in [0.05, 0.1) is 30.0 Å². The van der Waals surface area contributed by atoms with Gasteiger partial charge in [0.15, 0.2) is 0 Å². The number of carbonyl (C=O) groups is 1. The van der Waals surface area contributed by atoms with E-state index >= 15 is 0 Å². The van der Waals surface area contributed by atoms with Crippen LogP contribution in [0.2, 0.25) is 0 Å². The number of hydrogen-bond donors (Lipinski definition) is 1. The zero-order chi connectivity index (χ0) is 13.7. The van der Waals surface area contributed by atoms with Crippen LogP contribution < -0.4 is 5.32 Å². The molecule has 1 N–H and O–H groups in total. The molecule has 1 aliphatic carbocycles. The summed E-state index contributed by atoms with van der Waals surface area (Å²) in [5.41, 5.74) is 1.30. The van der Waals surface area contributed by atoms with E-state index in [2.05, 4.69) is 11.4 Å². The Kier molecular flexibility index (Phi) is 3.86. The van der Waals surface area contributed by atoms with Gasteiger partial charge in [0.25, 0.3) is 0 Å². The first-order valence-electron chi connectivity index (χ1n) is 6.31. The maximum absolute atomic E-state index is 11.8. The molecule has 0 atom stereocenters. The van der Waals surface area contributed by atoms with Crippen molar-refractivity contribution in [3.05, 3.63) is 47.7 Å². The van der Waals surface area contributed by atoms with Gasteiger partial charge in [-0.1, -0.05) is 12.1 Å². The van der Waals surface area contributed by atoms with E-state index < -0.39 is 0 Å². The maximum atomic E-state index is 11.8. The Morgan fingerprint density at radius 2 is 2.37 bits per heavy atom. The molecule has 0 bridgehead atoms. The van der Waals surface area contributed by atoms with E-state index in [-0.39, 0.29) is 11.4 Å². The quantitative estimate of drug-likeness (QED) is 0.649. The zero-order valence-electron chi connectivity index (χ0n) is 10.8. The molecular weight excluding hydrogens is 240 g/mol. The molecule has 1 saturated carbocycles. The average molecular weight is 256 g/mol. The largest absolute Gasteiger partial charge is 0.501 e. The lowest BCUT2D eigenvalue weighted by molar-refractivity contribution is -0.117. The molecule has 4 nitrogen and oxygen atoms in total. The lowest BCUT2D eigenvalue weighted by Crippen LogP contribution is -2.33. The number of carbonyl (C=O) groups excluding carboxylic acids is 1. The molecule has 1 aromatic rings. The van der Waals surface area contributed by atoms with Crippen molar-refractivity contribution in [1.82, 2.24) is 5.32 Å². The maximum Gasteiger partial charge on any atom is 0.247 e. The standard InChI is InChI=1S/C15H16N2O2/c1-2-19-9-6-14(18)17-15(7-8-15)13-5-3-4-12(10-13)11-16/h3-6,9-10H,2,7-8H2,1H3,(H,17,18). The van der Waals surface area contributed by atoms with Crippen LogP contribution in [-0.4, -0.2) is 12.5 Å². The van der Waals surface area contributed by atoms with Crippen LogP contribution >= 0.6 is 0 Å². The molecule has 0 aromatic heterocycles. The Balaban J connectivity index is 2.07. The first-order chi connectivity index (χ1) is 9.20. The number of nitrogens with one attached hydrogen (secondary N) is 1. The van der Waals surface area contributed by atoms with Gasteiger partial charge in [-0.2, -0.15) is 5.26 Å². The van der Waals surface area contributed by atoms with E-state index in [1.807, 2.05) is 25.1 Å². The van der Waals surface area contributed by atoms with Crippen LogP contribution in [0.4, 0.5) is 0 Å². The number of rotatable bonds is 5. The highest BCUT2D eigenvalue weighted by molar-refractivity contribution is 5.88. The van der Waals surface area contributed by atoms with Crippen LogP contribution in [0.3, 0.4) is 0 Å². The molecular formula is C15H16N2O2. The first kappa shape index (κ1) is 13.2. The molecule has 1 fully saturated rings. The summed E-state index contributed by atoms with van der Waals surface area (Å²) in [6.07, 6.45) is 4.58. The van der Waals surface area contributed by atoms with Crippen molar-refractivity contribution in [2.24, 2.45) is 0 Å². The van der Waals surface area contributed by atoms with E-state index in [4.69, 9.17) is 10.00 Å². The summed E-state index contributed by atoms with van der Waals surface area (Å²) in [5.74, 6) is -0.173. The minimum Gasteiger partial charge on any atom is -0.501 e. The first-order valence-corrected chi connectivity index (χ1v) is 6.31. The van der Waals surface area contributed by atoms with Gasteiger partial charge in [-0.3, -0.25) is 4.79 Å². The molecule has 0 radical (unpaired) electrons. The summed E-state index contributed by atoms with van der Waals surface area (Å²) in [6, 6.07) is 9.50. The fraction of sp³-hybridized carbons (Fsp3) is 0.333. The fourth-order valence-electron chi connectivity index (χ4n) is 1.98. The number of hydrogen-bond acceptors (Lipinski definition) is 3. The third kappa shape index (κ3) is 3.14. The summed E-state index contributed by atoms with van der Waals surface area (Å²) < 4.78 is 5.00. The third-order valence-electron chi connectivity index (χ3n) is 3.14. The summed E-state index contributed by atoms with van der Waals surface area (Å²) in [6.45, 7) is 2.40. The minimum absolute atomic E-state index is 0.173. The van der Waals surface area contributed by atoms with Gasteiger partial charge in [0, 0.05) is 6.08 Å². The van der Waals surface area contributed by atoms with Crippen LogP contribution in [0.25, 0.3) is 0 Å². The van der Waals surface area contributed by atoms with E-state index in [0.717, 1.165) is 18.4 Å². The van der Waals surface area contributed by atoms with E-state index in [9.17, 15) is 4.79 Å². The lowest BCUT2D eigenvalue weighted by atomic mass is 10.0. The second-order valence-electron chi connectivity index (χ2n) is 4.52. The summed E-state index contributed by atoms with van der Waals surface area (Å²) in [7, 11) is 0. The normalized spacial score (nSPS) is 15.8. The SMILES string of the molecule is CCOC=CC(=O)NC1(c2cccc(C#N)c2)CC1.